The minimum atomic E-state index is -2.94. The van der Waals surface area contributed by atoms with Gasteiger partial charge in [0, 0.05) is 19.2 Å². The van der Waals surface area contributed by atoms with Crippen molar-refractivity contribution >= 4 is 38.7 Å². The van der Waals surface area contributed by atoms with Gasteiger partial charge >= 0.3 is 0 Å². The zero-order valence-electron chi connectivity index (χ0n) is 8.94. The molecule has 2 heterocycles. The molecule has 0 amide bonds. The third-order valence-corrected chi connectivity index (χ3v) is 4.77. The highest BCUT2D eigenvalue weighted by Crippen LogP contribution is 2.26. The van der Waals surface area contributed by atoms with E-state index in [9.17, 15) is 8.42 Å². The first-order valence-electron chi connectivity index (χ1n) is 5.12. The Balaban J connectivity index is 2.25. The van der Waals surface area contributed by atoms with Crippen LogP contribution < -0.4 is 4.90 Å². The van der Waals surface area contributed by atoms with Gasteiger partial charge in [0.25, 0.3) is 0 Å². The van der Waals surface area contributed by atoms with Gasteiger partial charge in [0.1, 0.15) is 0 Å². The fourth-order valence-electron chi connectivity index (χ4n) is 1.75. The van der Waals surface area contributed by atoms with Crippen LogP contribution in [0.1, 0.15) is 6.42 Å². The zero-order valence-corrected chi connectivity index (χ0v) is 11.3. The van der Waals surface area contributed by atoms with Gasteiger partial charge in [-0.15, -0.1) is 10.2 Å². The van der Waals surface area contributed by atoms with Gasteiger partial charge in [0.2, 0.25) is 0 Å². The zero-order chi connectivity index (χ0) is 12.5. The fourth-order valence-corrected chi connectivity index (χ4v) is 3.37. The van der Waals surface area contributed by atoms with E-state index in [1.165, 1.54) is 0 Å². The van der Waals surface area contributed by atoms with Crippen LogP contribution in [-0.2, 0) is 9.84 Å². The maximum absolute atomic E-state index is 11.5. The Kier molecular flexibility index (Phi) is 3.75. The number of hydrogen-bond donors (Lipinski definition) is 0. The maximum Gasteiger partial charge on any atom is 0.175 e. The second-order valence-corrected chi connectivity index (χ2v) is 6.88. The summed E-state index contributed by atoms with van der Waals surface area (Å²) in [5.41, 5.74) is 0.642. The Labute approximate surface area is 110 Å². The van der Waals surface area contributed by atoms with Crippen LogP contribution in [-0.4, -0.2) is 43.2 Å². The molecule has 1 fully saturated rings. The molecule has 1 aliphatic heterocycles. The van der Waals surface area contributed by atoms with Gasteiger partial charge in [-0.1, -0.05) is 23.2 Å². The van der Waals surface area contributed by atoms with Gasteiger partial charge < -0.3 is 4.90 Å². The van der Waals surface area contributed by atoms with Crippen molar-refractivity contribution in [2.45, 2.75) is 6.42 Å². The number of anilines is 1. The Morgan fingerprint density at radius 3 is 2.71 bits per heavy atom. The van der Waals surface area contributed by atoms with Crippen LogP contribution in [0.3, 0.4) is 0 Å². The number of sulfone groups is 1. The van der Waals surface area contributed by atoms with E-state index < -0.39 is 9.84 Å². The molecule has 0 atom stereocenters. The van der Waals surface area contributed by atoms with E-state index in [-0.39, 0.29) is 21.8 Å². The van der Waals surface area contributed by atoms with E-state index >= 15 is 0 Å². The maximum atomic E-state index is 11.5. The van der Waals surface area contributed by atoms with E-state index in [0.29, 0.717) is 25.2 Å². The molecule has 94 valence electrons. The molecular formula is C9H11Cl2N3O2S. The van der Waals surface area contributed by atoms with Gasteiger partial charge in [-0.05, 0) is 6.42 Å². The fraction of sp³-hybridized carbons (Fsp3) is 0.556. The summed E-state index contributed by atoms with van der Waals surface area (Å²) in [5.74, 6) is 0.344. The molecule has 0 radical (unpaired) electrons. The molecule has 0 bridgehead atoms. The second kappa shape index (κ2) is 4.96. The molecule has 17 heavy (non-hydrogen) atoms. The van der Waals surface area contributed by atoms with Crippen molar-refractivity contribution in [3.05, 3.63) is 16.4 Å². The first-order valence-corrected chi connectivity index (χ1v) is 7.70. The summed E-state index contributed by atoms with van der Waals surface area (Å²) in [4.78, 5) is 1.88. The van der Waals surface area contributed by atoms with Crippen molar-refractivity contribution in [3.8, 4) is 0 Å². The smallest absolute Gasteiger partial charge is 0.175 e. The van der Waals surface area contributed by atoms with E-state index in [1.807, 2.05) is 4.90 Å². The number of aromatic nitrogens is 2. The predicted molar refractivity (Wildman–Crippen MR) is 67.5 cm³/mol. The van der Waals surface area contributed by atoms with E-state index in [1.54, 1.807) is 6.07 Å². The van der Waals surface area contributed by atoms with E-state index in [0.717, 1.165) is 0 Å². The highest BCUT2D eigenvalue weighted by Gasteiger charge is 2.21. The molecule has 8 heteroatoms. The molecular weight excluding hydrogens is 285 g/mol. The minimum Gasteiger partial charge on any atom is -0.368 e. The first kappa shape index (κ1) is 12.9. The summed E-state index contributed by atoms with van der Waals surface area (Å²) in [6, 6.07) is 1.61. The summed E-state index contributed by atoms with van der Waals surface area (Å²) < 4.78 is 23.0. The van der Waals surface area contributed by atoms with Crippen molar-refractivity contribution in [2.24, 2.45) is 0 Å². The summed E-state index contributed by atoms with van der Waals surface area (Å²) >= 11 is 11.7. The number of rotatable bonds is 1. The molecule has 5 nitrogen and oxygen atoms in total. The van der Waals surface area contributed by atoms with Crippen LogP contribution in [0.4, 0.5) is 5.69 Å². The van der Waals surface area contributed by atoms with Crippen LogP contribution in [0.25, 0.3) is 0 Å². The standard InChI is InChI=1S/C9H11Cl2N3O2S/c10-8-6-7(9(11)13-12-8)14-2-1-4-17(15,16)5-3-14/h6H,1-5H2. The Morgan fingerprint density at radius 2 is 1.94 bits per heavy atom. The van der Waals surface area contributed by atoms with Crippen molar-refractivity contribution < 1.29 is 8.42 Å². The van der Waals surface area contributed by atoms with Gasteiger partial charge in [-0.2, -0.15) is 0 Å². The molecule has 1 aromatic heterocycles. The largest absolute Gasteiger partial charge is 0.368 e. The number of halogens is 2. The molecule has 1 aliphatic rings. The van der Waals surface area contributed by atoms with Crippen LogP contribution in [0, 0.1) is 0 Å². The van der Waals surface area contributed by atoms with Crippen molar-refractivity contribution in [1.82, 2.24) is 10.2 Å². The minimum absolute atomic E-state index is 0.128. The molecule has 0 aliphatic carbocycles. The molecule has 0 aromatic carbocycles. The molecule has 0 N–H and O–H groups in total. The lowest BCUT2D eigenvalue weighted by atomic mass is 10.3. The molecule has 1 aromatic rings. The molecule has 0 spiro atoms. The number of nitrogens with zero attached hydrogens (tertiary/aromatic N) is 3. The van der Waals surface area contributed by atoms with E-state index in [4.69, 9.17) is 23.2 Å². The monoisotopic (exact) mass is 295 g/mol. The lowest BCUT2D eigenvalue weighted by Crippen LogP contribution is -2.27. The Hall–Kier alpha value is -0.590. The van der Waals surface area contributed by atoms with Crippen LogP contribution in [0.5, 0.6) is 0 Å². The molecule has 0 saturated carbocycles. The van der Waals surface area contributed by atoms with Crippen LogP contribution in [0.2, 0.25) is 10.3 Å². The summed E-state index contributed by atoms with van der Waals surface area (Å²) in [6.45, 7) is 1.03. The quantitative estimate of drug-likeness (QED) is 0.784. The van der Waals surface area contributed by atoms with Crippen molar-refractivity contribution in [2.75, 3.05) is 29.5 Å². The van der Waals surface area contributed by atoms with E-state index in [2.05, 4.69) is 10.2 Å². The summed E-state index contributed by atoms with van der Waals surface area (Å²) in [7, 11) is -2.94. The topological polar surface area (TPSA) is 63.2 Å². The number of hydrogen-bond acceptors (Lipinski definition) is 5. The first-order chi connectivity index (χ1) is 7.98. The Morgan fingerprint density at radius 1 is 1.18 bits per heavy atom. The van der Waals surface area contributed by atoms with Crippen LogP contribution in [0.15, 0.2) is 6.07 Å². The third-order valence-electron chi connectivity index (χ3n) is 2.60. The lowest BCUT2D eigenvalue weighted by Gasteiger charge is -2.22. The predicted octanol–water partition coefficient (Wildman–Crippen LogP) is 1.41. The second-order valence-electron chi connectivity index (χ2n) is 3.84. The van der Waals surface area contributed by atoms with Crippen molar-refractivity contribution in [1.29, 1.82) is 0 Å². The normalized spacial score (nSPS) is 20.0. The summed E-state index contributed by atoms with van der Waals surface area (Å²) in [5, 5.41) is 7.83. The van der Waals surface area contributed by atoms with Crippen LogP contribution >= 0.6 is 23.2 Å². The summed E-state index contributed by atoms with van der Waals surface area (Å²) in [6.07, 6.45) is 0.582. The molecule has 1 saturated heterocycles. The van der Waals surface area contributed by atoms with Gasteiger partial charge in [-0.25, -0.2) is 8.42 Å². The lowest BCUT2D eigenvalue weighted by molar-refractivity contribution is 0.597. The Bertz CT molecular complexity index is 521. The van der Waals surface area contributed by atoms with Gasteiger partial charge in [0.15, 0.2) is 20.1 Å². The average Bonchev–Trinajstić information content (AvgIpc) is 2.43. The average molecular weight is 296 g/mol. The van der Waals surface area contributed by atoms with Gasteiger partial charge in [0.05, 0.1) is 17.2 Å². The van der Waals surface area contributed by atoms with Crippen molar-refractivity contribution in [3.63, 3.8) is 0 Å². The SMILES string of the molecule is O=S1(=O)CCCN(c2cc(Cl)nnc2Cl)CC1. The highest BCUT2D eigenvalue weighted by atomic mass is 35.5. The molecule has 0 unspecified atom stereocenters. The highest BCUT2D eigenvalue weighted by molar-refractivity contribution is 7.91. The molecule has 2 rings (SSSR count). The third kappa shape index (κ3) is 3.20. The van der Waals surface area contributed by atoms with Gasteiger partial charge in [-0.3, -0.25) is 0 Å².